The highest BCUT2D eigenvalue weighted by atomic mass is 32.1. The lowest BCUT2D eigenvalue weighted by atomic mass is 10.3. The first-order chi connectivity index (χ1) is 9.65. The summed E-state index contributed by atoms with van der Waals surface area (Å²) in [5.74, 6) is 0.885. The minimum Gasteiger partial charge on any atom is -0.469 e. The third kappa shape index (κ3) is 4.06. The van der Waals surface area contributed by atoms with Gasteiger partial charge in [-0.25, -0.2) is 0 Å². The molecule has 0 amide bonds. The van der Waals surface area contributed by atoms with E-state index in [1.54, 1.807) is 18.4 Å². The summed E-state index contributed by atoms with van der Waals surface area (Å²) in [4.78, 5) is 10.1. The van der Waals surface area contributed by atoms with Crippen LogP contribution < -0.4 is 10.6 Å². The van der Waals surface area contributed by atoms with Gasteiger partial charge in [-0.3, -0.25) is 10.1 Å². The summed E-state index contributed by atoms with van der Waals surface area (Å²) in [6.45, 7) is 0.645. The van der Waals surface area contributed by atoms with Crippen LogP contribution in [0.15, 0.2) is 47.1 Å². The van der Waals surface area contributed by atoms with Crippen LogP contribution in [-0.2, 0) is 6.42 Å². The number of nitrogens with zero attached hydrogens (tertiary/aromatic N) is 1. The zero-order valence-electron chi connectivity index (χ0n) is 10.5. The maximum Gasteiger partial charge on any atom is 0.269 e. The van der Waals surface area contributed by atoms with Gasteiger partial charge in [-0.1, -0.05) is 0 Å². The van der Waals surface area contributed by atoms with Crippen molar-refractivity contribution < 1.29 is 9.34 Å². The van der Waals surface area contributed by atoms with Gasteiger partial charge in [0.15, 0.2) is 5.11 Å². The molecule has 0 atom stereocenters. The van der Waals surface area contributed by atoms with Crippen LogP contribution >= 0.6 is 12.2 Å². The summed E-state index contributed by atoms with van der Waals surface area (Å²) in [5, 5.41) is 17.0. The molecule has 1 aromatic carbocycles. The largest absolute Gasteiger partial charge is 0.469 e. The van der Waals surface area contributed by atoms with E-state index < -0.39 is 4.92 Å². The number of nitro benzene ring substituents is 1. The van der Waals surface area contributed by atoms with E-state index in [4.69, 9.17) is 16.6 Å². The third-order valence-electron chi connectivity index (χ3n) is 2.57. The van der Waals surface area contributed by atoms with Crippen molar-refractivity contribution in [3.63, 3.8) is 0 Å². The van der Waals surface area contributed by atoms with Crippen molar-refractivity contribution in [1.82, 2.24) is 5.32 Å². The number of rotatable bonds is 5. The molecule has 0 aliphatic carbocycles. The van der Waals surface area contributed by atoms with E-state index in [0.717, 1.165) is 12.2 Å². The van der Waals surface area contributed by atoms with Crippen LogP contribution in [-0.4, -0.2) is 16.6 Å². The molecule has 0 fully saturated rings. The molecule has 0 aliphatic rings. The van der Waals surface area contributed by atoms with Gasteiger partial charge < -0.3 is 15.1 Å². The lowest BCUT2D eigenvalue weighted by Gasteiger charge is -2.09. The fourth-order valence-electron chi connectivity index (χ4n) is 1.60. The molecule has 2 aromatic rings. The number of hydrogen-bond acceptors (Lipinski definition) is 4. The van der Waals surface area contributed by atoms with Gasteiger partial charge in [0.05, 0.1) is 11.2 Å². The van der Waals surface area contributed by atoms with E-state index >= 15 is 0 Å². The Morgan fingerprint density at radius 1 is 1.30 bits per heavy atom. The van der Waals surface area contributed by atoms with Crippen molar-refractivity contribution in [3.8, 4) is 0 Å². The molecule has 0 saturated heterocycles. The summed E-state index contributed by atoms with van der Waals surface area (Å²) in [6.07, 6.45) is 2.36. The Morgan fingerprint density at radius 2 is 2.05 bits per heavy atom. The molecule has 2 N–H and O–H groups in total. The van der Waals surface area contributed by atoms with Crippen molar-refractivity contribution in [3.05, 3.63) is 58.5 Å². The highest BCUT2D eigenvalue weighted by Gasteiger charge is 2.04. The summed E-state index contributed by atoms with van der Waals surface area (Å²) in [7, 11) is 0. The Morgan fingerprint density at radius 3 is 2.65 bits per heavy atom. The highest BCUT2D eigenvalue weighted by Crippen LogP contribution is 2.15. The molecule has 0 radical (unpaired) electrons. The smallest absolute Gasteiger partial charge is 0.269 e. The first-order valence-corrected chi connectivity index (χ1v) is 6.37. The second-order valence-electron chi connectivity index (χ2n) is 4.01. The molecular formula is C13H13N3O3S. The monoisotopic (exact) mass is 291 g/mol. The first kappa shape index (κ1) is 14.0. The van der Waals surface area contributed by atoms with Gasteiger partial charge >= 0.3 is 0 Å². The van der Waals surface area contributed by atoms with E-state index in [0.29, 0.717) is 17.3 Å². The van der Waals surface area contributed by atoms with Crippen LogP contribution in [0.4, 0.5) is 11.4 Å². The molecule has 1 aromatic heterocycles. The maximum absolute atomic E-state index is 10.5. The Bertz CT molecular complexity index is 581. The van der Waals surface area contributed by atoms with Gasteiger partial charge in [-0.05, 0) is 36.5 Å². The van der Waals surface area contributed by atoms with Crippen molar-refractivity contribution in [2.75, 3.05) is 11.9 Å². The molecular weight excluding hydrogens is 278 g/mol. The highest BCUT2D eigenvalue weighted by molar-refractivity contribution is 7.80. The van der Waals surface area contributed by atoms with Crippen LogP contribution in [0.25, 0.3) is 0 Å². The molecule has 0 spiro atoms. The van der Waals surface area contributed by atoms with E-state index in [1.807, 2.05) is 12.1 Å². The van der Waals surface area contributed by atoms with Crippen molar-refractivity contribution >= 4 is 28.7 Å². The van der Waals surface area contributed by atoms with E-state index in [-0.39, 0.29) is 5.69 Å². The third-order valence-corrected chi connectivity index (χ3v) is 2.82. The Labute approximate surface area is 120 Å². The van der Waals surface area contributed by atoms with Gasteiger partial charge in [0.2, 0.25) is 0 Å². The second-order valence-corrected chi connectivity index (χ2v) is 4.42. The minimum atomic E-state index is -0.441. The standard InChI is InChI=1S/C13H13N3O3S/c17-16(18)11-5-3-10(4-6-11)15-13(20)14-8-7-12-2-1-9-19-12/h1-6,9H,7-8H2,(H2,14,15,20). The number of furan rings is 1. The molecule has 20 heavy (non-hydrogen) atoms. The number of benzene rings is 1. The number of hydrogen-bond donors (Lipinski definition) is 2. The number of thiocarbonyl (C=S) groups is 1. The van der Waals surface area contributed by atoms with Gasteiger partial charge in [0.1, 0.15) is 5.76 Å². The van der Waals surface area contributed by atoms with Gasteiger partial charge in [0.25, 0.3) is 5.69 Å². The Hall–Kier alpha value is -2.41. The van der Waals surface area contributed by atoms with Crippen LogP contribution in [0, 0.1) is 10.1 Å². The van der Waals surface area contributed by atoms with E-state index in [1.165, 1.54) is 12.1 Å². The van der Waals surface area contributed by atoms with Crippen LogP contribution in [0.2, 0.25) is 0 Å². The quantitative estimate of drug-likeness (QED) is 0.501. The first-order valence-electron chi connectivity index (χ1n) is 5.97. The Kier molecular flexibility index (Phi) is 4.67. The second kappa shape index (κ2) is 6.67. The molecule has 2 rings (SSSR count). The maximum atomic E-state index is 10.5. The van der Waals surface area contributed by atoms with Crippen molar-refractivity contribution in [1.29, 1.82) is 0 Å². The molecule has 0 unspecified atom stereocenters. The summed E-state index contributed by atoms with van der Waals surface area (Å²) < 4.78 is 5.20. The minimum absolute atomic E-state index is 0.0484. The predicted octanol–water partition coefficient (Wildman–Crippen LogP) is 2.72. The zero-order valence-corrected chi connectivity index (χ0v) is 11.4. The molecule has 7 heteroatoms. The average molecular weight is 291 g/mol. The number of anilines is 1. The topological polar surface area (TPSA) is 80.3 Å². The number of nitro groups is 1. The molecule has 6 nitrogen and oxygen atoms in total. The summed E-state index contributed by atoms with van der Waals surface area (Å²) in [6, 6.07) is 9.80. The van der Waals surface area contributed by atoms with E-state index in [9.17, 15) is 10.1 Å². The van der Waals surface area contributed by atoms with Gasteiger partial charge in [-0.2, -0.15) is 0 Å². The summed E-state index contributed by atoms with van der Waals surface area (Å²) >= 11 is 5.13. The molecule has 104 valence electrons. The Balaban J connectivity index is 1.77. The molecule has 0 saturated carbocycles. The number of non-ortho nitro benzene ring substituents is 1. The molecule has 0 aliphatic heterocycles. The van der Waals surface area contributed by atoms with Crippen molar-refractivity contribution in [2.24, 2.45) is 0 Å². The number of nitrogens with one attached hydrogen (secondary N) is 2. The van der Waals surface area contributed by atoms with E-state index in [2.05, 4.69) is 10.6 Å². The lowest BCUT2D eigenvalue weighted by molar-refractivity contribution is -0.384. The zero-order chi connectivity index (χ0) is 14.4. The van der Waals surface area contributed by atoms with Crippen LogP contribution in [0.5, 0.6) is 0 Å². The normalized spacial score (nSPS) is 10.0. The fourth-order valence-corrected chi connectivity index (χ4v) is 1.82. The van der Waals surface area contributed by atoms with Crippen molar-refractivity contribution in [2.45, 2.75) is 6.42 Å². The molecule has 0 bridgehead atoms. The predicted molar refractivity (Wildman–Crippen MR) is 79.7 cm³/mol. The average Bonchev–Trinajstić information content (AvgIpc) is 2.92. The summed E-state index contributed by atoms with van der Waals surface area (Å²) in [5.41, 5.74) is 0.748. The van der Waals surface area contributed by atoms with Crippen LogP contribution in [0.3, 0.4) is 0 Å². The SMILES string of the molecule is O=[N+]([O-])c1ccc(NC(=S)NCCc2ccco2)cc1. The van der Waals surface area contributed by atoms with Crippen LogP contribution in [0.1, 0.15) is 5.76 Å². The lowest BCUT2D eigenvalue weighted by Crippen LogP contribution is -2.30. The van der Waals surface area contributed by atoms with Gasteiger partial charge in [0, 0.05) is 30.8 Å². The fraction of sp³-hybridized carbons (Fsp3) is 0.154. The molecule has 1 heterocycles. The van der Waals surface area contributed by atoms with Gasteiger partial charge in [-0.15, -0.1) is 0 Å².